The number of phenols is 1. The second kappa shape index (κ2) is 5.70. The van der Waals surface area contributed by atoms with Crippen LogP contribution in [0.5, 0.6) is 5.75 Å². The third kappa shape index (κ3) is 2.42. The Morgan fingerprint density at radius 3 is 2.82 bits per heavy atom. The largest absolute Gasteiger partial charge is 0.508 e. The summed E-state index contributed by atoms with van der Waals surface area (Å²) in [6, 6.07) is 16.1. The molecule has 1 heterocycles. The highest BCUT2D eigenvalue weighted by molar-refractivity contribution is 6.19. The van der Waals surface area contributed by atoms with Crippen molar-refractivity contribution in [3.8, 4) is 11.8 Å². The van der Waals surface area contributed by atoms with E-state index in [-0.39, 0.29) is 24.7 Å². The van der Waals surface area contributed by atoms with E-state index in [0.29, 0.717) is 11.4 Å². The van der Waals surface area contributed by atoms with E-state index in [9.17, 15) is 9.90 Å². The molecule has 1 N–H and O–H groups in total. The number of fused-ring (bicyclic) bond motifs is 1. The highest BCUT2D eigenvalue weighted by Crippen LogP contribution is 2.27. The molecule has 5 heteroatoms. The first kappa shape index (κ1) is 13.8. The van der Waals surface area contributed by atoms with Crippen molar-refractivity contribution >= 4 is 17.3 Å². The van der Waals surface area contributed by atoms with Crippen LogP contribution in [0, 0.1) is 11.3 Å². The van der Waals surface area contributed by atoms with Gasteiger partial charge >= 0.3 is 0 Å². The van der Waals surface area contributed by atoms with Crippen molar-refractivity contribution in [1.82, 2.24) is 0 Å². The Bertz CT molecular complexity index is 806. The van der Waals surface area contributed by atoms with Gasteiger partial charge in [-0.05, 0) is 18.2 Å². The Labute approximate surface area is 127 Å². The maximum Gasteiger partial charge on any atom is 0.249 e. The van der Waals surface area contributed by atoms with Crippen LogP contribution in [0.3, 0.4) is 0 Å². The number of carbonyl (C=O) groups is 1. The second-order valence-corrected chi connectivity index (χ2v) is 4.87. The van der Waals surface area contributed by atoms with Crippen molar-refractivity contribution in [1.29, 1.82) is 5.26 Å². The van der Waals surface area contributed by atoms with Gasteiger partial charge in [-0.25, -0.2) is 0 Å². The van der Waals surface area contributed by atoms with Crippen LogP contribution < -0.4 is 4.90 Å². The molecule has 22 heavy (non-hydrogen) atoms. The van der Waals surface area contributed by atoms with Gasteiger partial charge in [0.25, 0.3) is 0 Å². The lowest BCUT2D eigenvalue weighted by Gasteiger charge is -2.19. The van der Waals surface area contributed by atoms with Crippen molar-refractivity contribution in [2.24, 2.45) is 4.99 Å². The molecule has 3 rings (SSSR count). The van der Waals surface area contributed by atoms with Gasteiger partial charge in [-0.3, -0.25) is 14.7 Å². The topological polar surface area (TPSA) is 76.7 Å². The molecule has 1 aliphatic heterocycles. The molecular weight excluding hydrogens is 278 g/mol. The predicted molar refractivity (Wildman–Crippen MR) is 83.0 cm³/mol. The van der Waals surface area contributed by atoms with Crippen LogP contribution >= 0.6 is 0 Å². The maximum absolute atomic E-state index is 12.2. The molecule has 0 unspecified atom stereocenters. The predicted octanol–water partition coefficient (Wildman–Crippen LogP) is 2.10. The first-order chi connectivity index (χ1) is 10.7. The van der Waals surface area contributed by atoms with E-state index in [1.54, 1.807) is 24.3 Å². The molecular formula is C17H13N3O2. The monoisotopic (exact) mass is 291 g/mol. The van der Waals surface area contributed by atoms with Gasteiger partial charge in [0.05, 0.1) is 17.5 Å². The van der Waals surface area contributed by atoms with E-state index in [1.165, 1.54) is 4.90 Å². The Morgan fingerprint density at radius 2 is 2.05 bits per heavy atom. The zero-order valence-electron chi connectivity index (χ0n) is 11.7. The molecule has 0 saturated carbocycles. The van der Waals surface area contributed by atoms with E-state index in [0.717, 1.165) is 11.1 Å². The van der Waals surface area contributed by atoms with Gasteiger partial charge in [-0.2, -0.15) is 5.26 Å². The summed E-state index contributed by atoms with van der Waals surface area (Å²) in [4.78, 5) is 18.1. The summed E-state index contributed by atoms with van der Waals surface area (Å²) in [5.74, 6) is -0.0775. The van der Waals surface area contributed by atoms with Gasteiger partial charge < -0.3 is 5.11 Å². The number of hydrogen-bond donors (Lipinski definition) is 1. The molecule has 108 valence electrons. The molecule has 0 atom stereocenters. The fraction of sp³-hybridized carbons (Fsp3) is 0.118. The Morgan fingerprint density at radius 1 is 1.23 bits per heavy atom. The van der Waals surface area contributed by atoms with Crippen molar-refractivity contribution < 1.29 is 9.90 Å². The molecule has 0 saturated heterocycles. The third-order valence-corrected chi connectivity index (χ3v) is 3.47. The van der Waals surface area contributed by atoms with Gasteiger partial charge in [0, 0.05) is 11.1 Å². The first-order valence-corrected chi connectivity index (χ1v) is 6.81. The zero-order chi connectivity index (χ0) is 15.5. The molecule has 1 amide bonds. The number of benzene rings is 2. The highest BCUT2D eigenvalue weighted by Gasteiger charge is 2.24. The third-order valence-electron chi connectivity index (χ3n) is 3.47. The van der Waals surface area contributed by atoms with Crippen LogP contribution in [-0.4, -0.2) is 29.8 Å². The molecule has 0 bridgehead atoms. The van der Waals surface area contributed by atoms with Gasteiger partial charge in [-0.15, -0.1) is 0 Å². The molecule has 1 aliphatic rings. The smallest absolute Gasteiger partial charge is 0.249 e. The molecule has 0 radical (unpaired) electrons. The number of amides is 1. The molecule has 0 spiro atoms. The number of benzodiazepines with no additional fused rings is 1. The van der Waals surface area contributed by atoms with Crippen LogP contribution in [0.2, 0.25) is 0 Å². The SMILES string of the molecule is N#CCN1C(=O)CN=C(c2cccc(O)c2)c2ccccc21. The molecule has 0 aliphatic carbocycles. The summed E-state index contributed by atoms with van der Waals surface area (Å²) in [5.41, 5.74) is 2.81. The average molecular weight is 291 g/mol. The molecule has 5 nitrogen and oxygen atoms in total. The van der Waals surface area contributed by atoms with Crippen molar-refractivity contribution in [3.63, 3.8) is 0 Å². The summed E-state index contributed by atoms with van der Waals surface area (Å²) in [6.45, 7) is -0.0416. The van der Waals surface area contributed by atoms with Gasteiger partial charge in [0.2, 0.25) is 5.91 Å². The van der Waals surface area contributed by atoms with E-state index in [1.807, 2.05) is 30.3 Å². The minimum atomic E-state index is -0.218. The number of aromatic hydroxyl groups is 1. The van der Waals surface area contributed by atoms with Crippen molar-refractivity contribution in [2.45, 2.75) is 0 Å². The first-order valence-electron chi connectivity index (χ1n) is 6.81. The average Bonchev–Trinajstić information content (AvgIpc) is 2.66. The lowest BCUT2D eigenvalue weighted by molar-refractivity contribution is -0.117. The normalized spacial score (nSPS) is 13.9. The minimum absolute atomic E-state index is 0.0152. The van der Waals surface area contributed by atoms with Crippen LogP contribution in [0.1, 0.15) is 11.1 Å². The highest BCUT2D eigenvalue weighted by atomic mass is 16.3. The number of phenolic OH excluding ortho intramolecular Hbond substituents is 1. The maximum atomic E-state index is 12.2. The number of hydrogen-bond acceptors (Lipinski definition) is 4. The summed E-state index contributed by atoms with van der Waals surface area (Å²) in [5, 5.41) is 18.6. The van der Waals surface area contributed by atoms with Crippen LogP contribution in [0.4, 0.5) is 5.69 Å². The Balaban J connectivity index is 2.18. The van der Waals surface area contributed by atoms with Crippen molar-refractivity contribution in [3.05, 3.63) is 59.7 Å². The van der Waals surface area contributed by atoms with E-state index in [2.05, 4.69) is 4.99 Å². The summed E-state index contributed by atoms with van der Waals surface area (Å²) >= 11 is 0. The van der Waals surface area contributed by atoms with Crippen molar-refractivity contribution in [2.75, 3.05) is 18.0 Å². The Hall–Kier alpha value is -3.13. The molecule has 2 aromatic carbocycles. The fourth-order valence-corrected chi connectivity index (χ4v) is 2.50. The quantitative estimate of drug-likeness (QED) is 0.861. The lowest BCUT2D eigenvalue weighted by atomic mass is 10.00. The van der Waals surface area contributed by atoms with E-state index < -0.39 is 0 Å². The molecule has 2 aromatic rings. The van der Waals surface area contributed by atoms with E-state index in [4.69, 9.17) is 5.26 Å². The number of anilines is 1. The van der Waals surface area contributed by atoms with Gasteiger partial charge in [0.1, 0.15) is 18.8 Å². The lowest BCUT2D eigenvalue weighted by Crippen LogP contribution is -2.32. The zero-order valence-corrected chi connectivity index (χ0v) is 11.7. The van der Waals surface area contributed by atoms with E-state index >= 15 is 0 Å². The summed E-state index contributed by atoms with van der Waals surface area (Å²) in [7, 11) is 0. The van der Waals surface area contributed by atoms with Gasteiger partial charge in [0.15, 0.2) is 0 Å². The number of carbonyl (C=O) groups excluding carboxylic acids is 1. The minimum Gasteiger partial charge on any atom is -0.508 e. The second-order valence-electron chi connectivity index (χ2n) is 4.87. The molecule has 0 aromatic heterocycles. The fourth-order valence-electron chi connectivity index (χ4n) is 2.50. The Kier molecular flexibility index (Phi) is 3.58. The number of rotatable bonds is 2. The number of nitrogens with zero attached hydrogens (tertiary/aromatic N) is 3. The van der Waals surface area contributed by atoms with Gasteiger partial charge in [-0.1, -0.05) is 30.3 Å². The number of nitriles is 1. The van der Waals surface area contributed by atoms with Crippen LogP contribution in [0.15, 0.2) is 53.5 Å². The number of para-hydroxylation sites is 1. The summed E-state index contributed by atoms with van der Waals surface area (Å²) < 4.78 is 0. The number of aliphatic imine (C=N–C) groups is 1. The van der Waals surface area contributed by atoms with Crippen LogP contribution in [-0.2, 0) is 4.79 Å². The summed E-state index contributed by atoms with van der Waals surface area (Å²) in [6.07, 6.45) is 0. The molecule has 0 fully saturated rings. The standard InChI is InChI=1S/C17H13N3O2/c18-8-9-20-15-7-2-1-6-14(15)17(19-11-16(20)22)12-4-3-5-13(21)10-12/h1-7,10,21H,9,11H2. The van der Waals surface area contributed by atoms with Crippen LogP contribution in [0.25, 0.3) is 0 Å².